The largest absolute Gasteiger partial charge is 0.495 e. The van der Waals surface area contributed by atoms with Crippen molar-refractivity contribution in [3.05, 3.63) is 16.3 Å². The number of morpholine rings is 1. The minimum atomic E-state index is -0.380. The fourth-order valence-electron chi connectivity index (χ4n) is 2.45. The molecule has 8 heteroatoms. The summed E-state index contributed by atoms with van der Waals surface area (Å²) >= 11 is 1.37. The SMILES string of the molecule is COc1ccsc1C(=O)N1CCO[C@H](CN(C)CC(N)=O)C1. The lowest BCUT2D eigenvalue weighted by Gasteiger charge is -2.34. The molecule has 1 atom stereocenters. The average Bonchev–Trinajstić information content (AvgIpc) is 2.94. The molecule has 1 fully saturated rings. The summed E-state index contributed by atoms with van der Waals surface area (Å²) in [5.41, 5.74) is 5.17. The van der Waals surface area contributed by atoms with Crippen LogP contribution in [-0.4, -0.2) is 74.7 Å². The van der Waals surface area contributed by atoms with Gasteiger partial charge in [0, 0.05) is 19.6 Å². The Morgan fingerprint density at radius 1 is 1.59 bits per heavy atom. The van der Waals surface area contributed by atoms with Gasteiger partial charge in [0.25, 0.3) is 5.91 Å². The van der Waals surface area contributed by atoms with E-state index in [1.165, 1.54) is 11.3 Å². The third-order valence-corrected chi connectivity index (χ3v) is 4.29. The number of thiophene rings is 1. The van der Waals surface area contributed by atoms with Crippen LogP contribution in [0, 0.1) is 0 Å². The highest BCUT2D eigenvalue weighted by molar-refractivity contribution is 7.12. The number of carbonyl (C=O) groups is 2. The van der Waals surface area contributed by atoms with Gasteiger partial charge in [-0.1, -0.05) is 0 Å². The van der Waals surface area contributed by atoms with E-state index < -0.39 is 0 Å². The fraction of sp³-hybridized carbons (Fsp3) is 0.571. The Bertz CT molecular complexity index is 534. The maximum Gasteiger partial charge on any atom is 0.267 e. The molecule has 0 saturated carbocycles. The molecular formula is C14H21N3O4S. The van der Waals surface area contributed by atoms with Crippen LogP contribution in [0.4, 0.5) is 0 Å². The van der Waals surface area contributed by atoms with Gasteiger partial charge in [-0.3, -0.25) is 14.5 Å². The first-order valence-electron chi connectivity index (χ1n) is 7.00. The van der Waals surface area contributed by atoms with Crippen LogP contribution in [0.25, 0.3) is 0 Å². The summed E-state index contributed by atoms with van der Waals surface area (Å²) in [7, 11) is 3.36. The first-order chi connectivity index (χ1) is 10.5. The number of likely N-dealkylation sites (N-methyl/N-ethyl adjacent to an activating group) is 1. The van der Waals surface area contributed by atoms with E-state index in [2.05, 4.69) is 0 Å². The molecule has 122 valence electrons. The molecular weight excluding hydrogens is 306 g/mol. The predicted octanol–water partition coefficient (Wildman–Crippen LogP) is 0.0148. The molecule has 2 N–H and O–H groups in total. The Morgan fingerprint density at radius 3 is 3.05 bits per heavy atom. The van der Waals surface area contributed by atoms with Gasteiger partial charge in [0.1, 0.15) is 10.6 Å². The van der Waals surface area contributed by atoms with E-state index in [1.54, 1.807) is 30.0 Å². The maximum atomic E-state index is 12.6. The molecule has 0 aromatic carbocycles. The topological polar surface area (TPSA) is 85.1 Å². The number of rotatable bonds is 6. The van der Waals surface area contributed by atoms with Gasteiger partial charge in [-0.25, -0.2) is 0 Å². The van der Waals surface area contributed by atoms with Crippen LogP contribution in [0.2, 0.25) is 0 Å². The van der Waals surface area contributed by atoms with Crippen LogP contribution in [0.15, 0.2) is 11.4 Å². The summed E-state index contributed by atoms with van der Waals surface area (Å²) in [5.74, 6) is 0.177. The van der Waals surface area contributed by atoms with Crippen molar-refractivity contribution in [1.29, 1.82) is 0 Å². The number of nitrogens with zero attached hydrogens (tertiary/aromatic N) is 2. The second-order valence-electron chi connectivity index (χ2n) is 5.23. The third-order valence-electron chi connectivity index (χ3n) is 3.41. The number of nitrogens with two attached hydrogens (primary N) is 1. The van der Waals surface area contributed by atoms with Gasteiger partial charge in [0.2, 0.25) is 5.91 Å². The second kappa shape index (κ2) is 7.57. The molecule has 7 nitrogen and oxygen atoms in total. The van der Waals surface area contributed by atoms with E-state index in [0.29, 0.717) is 36.9 Å². The number of primary amides is 1. The molecule has 2 heterocycles. The fourth-order valence-corrected chi connectivity index (χ4v) is 3.28. The normalized spacial score (nSPS) is 18.5. The monoisotopic (exact) mass is 327 g/mol. The minimum Gasteiger partial charge on any atom is -0.495 e. The van der Waals surface area contributed by atoms with Crippen molar-refractivity contribution in [3.63, 3.8) is 0 Å². The number of amides is 2. The van der Waals surface area contributed by atoms with Crippen molar-refractivity contribution in [2.24, 2.45) is 5.73 Å². The van der Waals surface area contributed by atoms with Crippen LogP contribution in [0.3, 0.4) is 0 Å². The van der Waals surface area contributed by atoms with Crippen LogP contribution in [-0.2, 0) is 9.53 Å². The van der Waals surface area contributed by atoms with Gasteiger partial charge in [-0.15, -0.1) is 11.3 Å². The molecule has 1 aliphatic heterocycles. The molecule has 1 saturated heterocycles. The van der Waals surface area contributed by atoms with Gasteiger partial charge in [-0.2, -0.15) is 0 Å². The predicted molar refractivity (Wildman–Crippen MR) is 83.2 cm³/mol. The van der Waals surface area contributed by atoms with Crippen molar-refractivity contribution in [2.45, 2.75) is 6.10 Å². The molecule has 0 radical (unpaired) electrons. The minimum absolute atomic E-state index is 0.0438. The Balaban J connectivity index is 1.95. The van der Waals surface area contributed by atoms with Crippen LogP contribution in [0.5, 0.6) is 5.75 Å². The lowest BCUT2D eigenvalue weighted by atomic mass is 10.2. The highest BCUT2D eigenvalue weighted by Crippen LogP contribution is 2.26. The molecule has 0 spiro atoms. The highest BCUT2D eigenvalue weighted by Gasteiger charge is 2.28. The smallest absolute Gasteiger partial charge is 0.267 e. The second-order valence-corrected chi connectivity index (χ2v) is 6.14. The molecule has 1 aliphatic rings. The van der Waals surface area contributed by atoms with E-state index in [-0.39, 0.29) is 24.5 Å². The Labute approximate surface area is 133 Å². The van der Waals surface area contributed by atoms with E-state index in [1.807, 2.05) is 5.38 Å². The lowest BCUT2D eigenvalue weighted by Crippen LogP contribution is -2.49. The first-order valence-corrected chi connectivity index (χ1v) is 7.88. The summed E-state index contributed by atoms with van der Waals surface area (Å²) in [6.45, 7) is 2.24. The number of carbonyl (C=O) groups excluding carboxylic acids is 2. The van der Waals surface area contributed by atoms with Crippen molar-refractivity contribution < 1.29 is 19.1 Å². The summed E-state index contributed by atoms with van der Waals surface area (Å²) in [6, 6.07) is 1.79. The summed E-state index contributed by atoms with van der Waals surface area (Å²) in [6.07, 6.45) is -0.131. The van der Waals surface area contributed by atoms with Crippen molar-refractivity contribution in [3.8, 4) is 5.75 Å². The summed E-state index contributed by atoms with van der Waals surface area (Å²) in [4.78, 5) is 27.6. The average molecular weight is 327 g/mol. The first kappa shape index (κ1) is 16.7. The molecule has 0 bridgehead atoms. The van der Waals surface area contributed by atoms with Crippen LogP contribution < -0.4 is 10.5 Å². The van der Waals surface area contributed by atoms with E-state index in [4.69, 9.17) is 15.2 Å². The summed E-state index contributed by atoms with van der Waals surface area (Å²) in [5, 5.41) is 1.84. The van der Waals surface area contributed by atoms with Gasteiger partial charge < -0.3 is 20.1 Å². The molecule has 1 aromatic heterocycles. The zero-order valence-corrected chi connectivity index (χ0v) is 13.6. The standard InChI is InChI=1S/C14H21N3O4S/c1-16(9-12(15)18)7-10-8-17(4-5-21-10)14(19)13-11(20-2)3-6-22-13/h3,6,10H,4-5,7-9H2,1-2H3,(H2,15,18)/t10-/m1/s1. The van der Waals surface area contributed by atoms with Crippen molar-refractivity contribution >= 4 is 23.2 Å². The van der Waals surface area contributed by atoms with E-state index in [9.17, 15) is 9.59 Å². The molecule has 1 aromatic rings. The maximum absolute atomic E-state index is 12.6. The zero-order valence-electron chi connectivity index (χ0n) is 12.8. The molecule has 0 aliphatic carbocycles. The Morgan fingerprint density at radius 2 is 2.36 bits per heavy atom. The Hall–Kier alpha value is -1.64. The molecule has 0 unspecified atom stereocenters. The van der Waals surface area contributed by atoms with Crippen molar-refractivity contribution in [2.75, 3.05) is 46.9 Å². The van der Waals surface area contributed by atoms with E-state index >= 15 is 0 Å². The number of hydrogen-bond donors (Lipinski definition) is 1. The zero-order chi connectivity index (χ0) is 16.1. The van der Waals surface area contributed by atoms with Gasteiger partial charge in [0.05, 0.1) is 26.4 Å². The van der Waals surface area contributed by atoms with Crippen molar-refractivity contribution in [1.82, 2.24) is 9.80 Å². The Kier molecular flexibility index (Phi) is 5.76. The highest BCUT2D eigenvalue weighted by atomic mass is 32.1. The quantitative estimate of drug-likeness (QED) is 0.796. The third kappa shape index (κ3) is 4.19. The number of ether oxygens (including phenoxy) is 2. The van der Waals surface area contributed by atoms with Crippen LogP contribution in [0.1, 0.15) is 9.67 Å². The van der Waals surface area contributed by atoms with E-state index in [0.717, 1.165) is 0 Å². The molecule has 2 amide bonds. The molecule has 2 rings (SSSR count). The van der Waals surface area contributed by atoms with Crippen LogP contribution >= 0.6 is 11.3 Å². The lowest BCUT2D eigenvalue weighted by molar-refractivity contribution is -0.119. The summed E-state index contributed by atoms with van der Waals surface area (Å²) < 4.78 is 10.9. The molecule has 22 heavy (non-hydrogen) atoms. The number of methoxy groups -OCH3 is 1. The van der Waals surface area contributed by atoms with Gasteiger partial charge in [-0.05, 0) is 18.5 Å². The van der Waals surface area contributed by atoms with Gasteiger partial charge in [0.15, 0.2) is 0 Å². The number of hydrogen-bond acceptors (Lipinski definition) is 6. The van der Waals surface area contributed by atoms with Gasteiger partial charge >= 0.3 is 0 Å².